The smallest absolute Gasteiger partial charge is 0.166 e. The van der Waals surface area contributed by atoms with Gasteiger partial charge < -0.3 is 9.67 Å². The molecule has 19 heavy (non-hydrogen) atoms. The van der Waals surface area contributed by atoms with Crippen LogP contribution in [0.1, 0.15) is 26.6 Å². The molecule has 0 saturated carbocycles. The molecule has 4 nitrogen and oxygen atoms in total. The van der Waals surface area contributed by atoms with Gasteiger partial charge in [-0.15, -0.1) is 10.2 Å². The Hall–Kier alpha value is -0.910. The molecule has 1 N–H and O–H groups in total. The molecule has 0 radical (unpaired) electrons. The number of aliphatic hydroxyl groups excluding tert-OH is 1. The second kappa shape index (κ2) is 5.23. The van der Waals surface area contributed by atoms with Crippen LogP contribution in [0.3, 0.4) is 0 Å². The molecule has 0 aliphatic carbocycles. The van der Waals surface area contributed by atoms with Crippen molar-refractivity contribution in [1.29, 1.82) is 0 Å². The summed E-state index contributed by atoms with van der Waals surface area (Å²) < 4.78 is 2.71. The maximum absolute atomic E-state index is 9.40. The number of aliphatic hydroxyl groups is 1. The zero-order valence-corrected chi connectivity index (χ0v) is 13.3. The van der Waals surface area contributed by atoms with Crippen molar-refractivity contribution in [2.24, 2.45) is 0 Å². The molecular formula is C13H15BrClN3O. The van der Waals surface area contributed by atoms with Gasteiger partial charge >= 0.3 is 0 Å². The number of rotatable bonds is 2. The lowest BCUT2D eigenvalue weighted by molar-refractivity contribution is 0.250. The van der Waals surface area contributed by atoms with Crippen LogP contribution in [0.15, 0.2) is 22.7 Å². The van der Waals surface area contributed by atoms with E-state index in [4.69, 9.17) is 11.6 Å². The summed E-state index contributed by atoms with van der Waals surface area (Å²) in [6.07, 6.45) is 0. The maximum Gasteiger partial charge on any atom is 0.166 e. The minimum absolute atomic E-state index is 0.157. The molecule has 0 amide bonds. The predicted octanol–water partition coefficient (Wildman–Crippen LogP) is 3.61. The van der Waals surface area contributed by atoms with E-state index in [9.17, 15) is 5.11 Å². The molecular weight excluding hydrogens is 330 g/mol. The van der Waals surface area contributed by atoms with Gasteiger partial charge in [0.25, 0.3) is 0 Å². The van der Waals surface area contributed by atoms with Gasteiger partial charge in [-0.25, -0.2) is 0 Å². The van der Waals surface area contributed by atoms with E-state index in [1.807, 2.05) is 43.5 Å². The molecule has 2 aromatic rings. The van der Waals surface area contributed by atoms with E-state index in [0.29, 0.717) is 16.7 Å². The molecule has 1 aromatic carbocycles. The molecule has 0 aliphatic rings. The summed E-state index contributed by atoms with van der Waals surface area (Å²) in [5.41, 5.74) is 0.542. The molecule has 0 saturated heterocycles. The summed E-state index contributed by atoms with van der Waals surface area (Å²) in [4.78, 5) is 0. The maximum atomic E-state index is 9.40. The number of halogens is 2. The molecule has 0 unspecified atom stereocenters. The van der Waals surface area contributed by atoms with Crippen molar-refractivity contribution in [3.05, 3.63) is 33.5 Å². The lowest BCUT2D eigenvalue weighted by atomic mass is 10.1. The lowest BCUT2D eigenvalue weighted by Crippen LogP contribution is -2.25. The highest BCUT2D eigenvalue weighted by Gasteiger charge is 2.24. The van der Waals surface area contributed by atoms with Gasteiger partial charge in [-0.05, 0) is 48.8 Å². The number of hydrogen-bond acceptors (Lipinski definition) is 3. The molecule has 6 heteroatoms. The highest BCUT2D eigenvalue weighted by Crippen LogP contribution is 2.35. The van der Waals surface area contributed by atoms with Crippen molar-refractivity contribution >= 4 is 27.5 Å². The van der Waals surface area contributed by atoms with E-state index in [1.54, 1.807) is 0 Å². The first-order valence-electron chi connectivity index (χ1n) is 5.86. The van der Waals surface area contributed by atoms with Gasteiger partial charge in [0.15, 0.2) is 11.6 Å². The van der Waals surface area contributed by atoms with E-state index in [1.165, 1.54) is 0 Å². The predicted molar refractivity (Wildman–Crippen MR) is 79.1 cm³/mol. The van der Waals surface area contributed by atoms with Crippen LogP contribution >= 0.6 is 27.5 Å². The average Bonchev–Trinajstić information content (AvgIpc) is 2.76. The van der Waals surface area contributed by atoms with Gasteiger partial charge in [0.1, 0.15) is 6.61 Å². The summed E-state index contributed by atoms with van der Waals surface area (Å²) in [6.45, 7) is 5.94. The van der Waals surface area contributed by atoms with Gasteiger partial charge in [0.2, 0.25) is 0 Å². The van der Waals surface area contributed by atoms with E-state index in [0.717, 1.165) is 10.0 Å². The Labute approximate surface area is 125 Å². The topological polar surface area (TPSA) is 50.9 Å². The minimum Gasteiger partial charge on any atom is -0.388 e. The first-order chi connectivity index (χ1) is 8.86. The van der Waals surface area contributed by atoms with Gasteiger partial charge in [-0.2, -0.15) is 0 Å². The van der Waals surface area contributed by atoms with Gasteiger partial charge in [-0.1, -0.05) is 17.7 Å². The zero-order chi connectivity index (χ0) is 14.2. The Bertz CT molecular complexity index is 604. The van der Waals surface area contributed by atoms with Crippen molar-refractivity contribution in [3.63, 3.8) is 0 Å². The molecule has 0 aliphatic heterocycles. The lowest BCUT2D eigenvalue weighted by Gasteiger charge is -2.25. The van der Waals surface area contributed by atoms with Crippen LogP contribution in [0.25, 0.3) is 11.4 Å². The molecule has 0 bridgehead atoms. The summed E-state index contributed by atoms with van der Waals surface area (Å²) in [6, 6.07) is 5.66. The van der Waals surface area contributed by atoms with Crippen molar-refractivity contribution < 1.29 is 5.11 Å². The van der Waals surface area contributed by atoms with Gasteiger partial charge in [0, 0.05) is 15.6 Å². The van der Waals surface area contributed by atoms with Crippen molar-refractivity contribution in [2.45, 2.75) is 32.9 Å². The van der Waals surface area contributed by atoms with E-state index in [-0.39, 0.29) is 12.1 Å². The number of benzene rings is 1. The zero-order valence-electron chi connectivity index (χ0n) is 11.0. The Morgan fingerprint density at radius 1 is 1.32 bits per heavy atom. The fourth-order valence-corrected chi connectivity index (χ4v) is 2.55. The third-order valence-corrected chi connectivity index (χ3v) is 4.03. The highest BCUT2D eigenvalue weighted by atomic mass is 79.9. The highest BCUT2D eigenvalue weighted by molar-refractivity contribution is 9.10. The van der Waals surface area contributed by atoms with Gasteiger partial charge in [-0.3, -0.25) is 0 Å². The Morgan fingerprint density at radius 2 is 2.00 bits per heavy atom. The average molecular weight is 345 g/mol. The molecule has 102 valence electrons. The summed E-state index contributed by atoms with van der Waals surface area (Å²) in [5, 5.41) is 18.2. The van der Waals surface area contributed by atoms with Crippen LogP contribution in [-0.4, -0.2) is 19.9 Å². The molecule has 0 fully saturated rings. The van der Waals surface area contributed by atoms with Gasteiger partial charge in [0.05, 0.1) is 5.02 Å². The number of aromatic nitrogens is 3. The fraction of sp³-hybridized carbons (Fsp3) is 0.385. The number of nitrogens with zero attached hydrogens (tertiary/aromatic N) is 3. The molecule has 2 rings (SSSR count). The quantitative estimate of drug-likeness (QED) is 0.905. The monoisotopic (exact) mass is 343 g/mol. The van der Waals surface area contributed by atoms with Crippen molar-refractivity contribution in [1.82, 2.24) is 14.8 Å². The largest absolute Gasteiger partial charge is 0.388 e. The standard InChI is InChI=1S/C13H15BrClN3O/c1-13(2,3)18-10(7-19)16-17-12(18)8-5-4-6-9(14)11(8)15/h4-6,19H,7H2,1-3H3. The third-order valence-electron chi connectivity index (χ3n) is 2.73. The van der Waals surface area contributed by atoms with Crippen LogP contribution < -0.4 is 0 Å². The van der Waals surface area contributed by atoms with Crippen LogP contribution in [0, 0.1) is 0 Å². The summed E-state index contributed by atoms with van der Waals surface area (Å²) in [5.74, 6) is 1.18. The SMILES string of the molecule is CC(C)(C)n1c(CO)nnc1-c1cccc(Br)c1Cl. The van der Waals surface area contributed by atoms with Crippen LogP contribution in [-0.2, 0) is 12.1 Å². The third kappa shape index (κ3) is 2.68. The van der Waals surface area contributed by atoms with Crippen LogP contribution in [0.5, 0.6) is 0 Å². The summed E-state index contributed by atoms with van der Waals surface area (Å²) >= 11 is 9.72. The molecule has 1 aromatic heterocycles. The van der Waals surface area contributed by atoms with Crippen molar-refractivity contribution in [2.75, 3.05) is 0 Å². The minimum atomic E-state index is -0.247. The molecule has 0 atom stereocenters. The summed E-state index contributed by atoms with van der Waals surface area (Å²) in [7, 11) is 0. The van der Waals surface area contributed by atoms with Crippen LogP contribution in [0.4, 0.5) is 0 Å². The van der Waals surface area contributed by atoms with E-state index >= 15 is 0 Å². The Balaban J connectivity index is 2.70. The Morgan fingerprint density at radius 3 is 2.58 bits per heavy atom. The van der Waals surface area contributed by atoms with Crippen molar-refractivity contribution in [3.8, 4) is 11.4 Å². The first kappa shape index (κ1) is 14.5. The van der Waals surface area contributed by atoms with Crippen LogP contribution in [0.2, 0.25) is 5.02 Å². The molecule has 0 spiro atoms. The van der Waals surface area contributed by atoms with E-state index < -0.39 is 0 Å². The molecule has 1 heterocycles. The Kier molecular flexibility index (Phi) is 3.99. The normalized spacial score (nSPS) is 11.9. The second-order valence-electron chi connectivity index (χ2n) is 5.21. The first-order valence-corrected chi connectivity index (χ1v) is 7.03. The number of hydrogen-bond donors (Lipinski definition) is 1. The fourth-order valence-electron chi connectivity index (χ4n) is 1.97. The van der Waals surface area contributed by atoms with E-state index in [2.05, 4.69) is 26.1 Å². The second-order valence-corrected chi connectivity index (χ2v) is 6.44.